The molecule has 0 aromatic rings. The van der Waals surface area contributed by atoms with Crippen molar-refractivity contribution in [2.45, 2.75) is 0 Å². The van der Waals surface area contributed by atoms with Gasteiger partial charge in [-0.05, 0) is 0 Å². The largest absolute Gasteiger partial charge is 1.00 e. The molecule has 0 saturated heterocycles. The van der Waals surface area contributed by atoms with Crippen LogP contribution in [0, 0.1) is 0 Å². The molecule has 0 fully saturated rings. The smallest absolute Gasteiger partial charge is 1.00 e. The fourth-order valence-corrected chi connectivity index (χ4v) is 0. The van der Waals surface area contributed by atoms with Crippen molar-refractivity contribution in [2.75, 3.05) is 0 Å². The Morgan fingerprint density at radius 1 is 0.750 bits per heavy atom. The van der Waals surface area contributed by atoms with Crippen molar-refractivity contribution in [3.63, 3.8) is 0 Å². The summed E-state index contributed by atoms with van der Waals surface area (Å²) in [5.74, 6) is 0. The number of rotatable bonds is 0. The Hall–Kier alpha value is 2.22. The van der Waals surface area contributed by atoms with Crippen molar-refractivity contribution in [3.8, 4) is 0 Å². The average Bonchev–Trinajstić information content (AvgIpc) is 1.12. The maximum atomic E-state index is 8.88. The van der Waals surface area contributed by atoms with Gasteiger partial charge in [0.05, 0.1) is 0 Å². The first kappa shape index (κ1) is 23.8. The second-order valence-electron chi connectivity index (χ2n) is 1.03. The van der Waals surface area contributed by atoms with E-state index in [-0.39, 0.29) is 63.4 Å². The minimum absolute atomic E-state index is 0. The Labute approximate surface area is 117 Å². The molecule has 0 aromatic heterocycles. The van der Waals surface area contributed by atoms with E-state index in [9.17, 15) is 0 Å². The second kappa shape index (κ2) is 9.76. The second-order valence-corrected chi connectivity index (χ2v) is 3.08. The predicted octanol–water partition coefficient (Wildman–Crippen LogP) is -7.51. The molecule has 68 valence electrons. The van der Waals surface area contributed by atoms with Crippen LogP contribution in [0.1, 0.15) is 4.28 Å². The van der Waals surface area contributed by atoms with Gasteiger partial charge in [0.1, 0.15) is 0 Å². The van der Waals surface area contributed by atoms with Gasteiger partial charge in [0.25, 0.3) is 0 Å². The SMILES string of the molecule is O=P(O)(O)O.O=P(O)(O)O.[H+].[H-].[H-].[Na+].[Na+]. The van der Waals surface area contributed by atoms with Crippen molar-refractivity contribution >= 4 is 15.6 Å². The number of hydrogen-bond donors (Lipinski definition) is 6. The molecule has 0 saturated carbocycles. The predicted molar refractivity (Wildman–Crippen MR) is 31.9 cm³/mol. The normalized spacial score (nSPS) is 9.83. The molecule has 0 aromatic carbocycles. The van der Waals surface area contributed by atoms with E-state index in [0.29, 0.717) is 0 Å². The van der Waals surface area contributed by atoms with Crippen LogP contribution >= 0.6 is 15.6 Å². The van der Waals surface area contributed by atoms with Gasteiger partial charge in [0.2, 0.25) is 0 Å². The molecule has 8 nitrogen and oxygen atoms in total. The Morgan fingerprint density at radius 3 is 0.750 bits per heavy atom. The summed E-state index contributed by atoms with van der Waals surface area (Å²) in [7, 11) is -9.28. The number of hydrogen-bond acceptors (Lipinski definition) is 2. The molecule has 0 spiro atoms. The minimum Gasteiger partial charge on any atom is -1.00 e. The first-order valence-corrected chi connectivity index (χ1v) is 4.70. The molecule has 12 heteroatoms. The first-order chi connectivity index (χ1) is 4.00. The first-order valence-electron chi connectivity index (χ1n) is 1.57. The fourth-order valence-electron chi connectivity index (χ4n) is 0. The molecule has 0 aliphatic heterocycles. The molecule has 0 unspecified atom stereocenters. The van der Waals surface area contributed by atoms with Crippen LogP contribution in [0.15, 0.2) is 0 Å². The molecule has 0 heterocycles. The van der Waals surface area contributed by atoms with Gasteiger partial charge in [-0.15, -0.1) is 0 Å². The maximum Gasteiger partial charge on any atom is 1.00 e. The van der Waals surface area contributed by atoms with Gasteiger partial charge in [-0.25, -0.2) is 9.13 Å². The van der Waals surface area contributed by atoms with Gasteiger partial charge in [0.15, 0.2) is 0 Å². The van der Waals surface area contributed by atoms with E-state index in [1.54, 1.807) is 0 Å². The Balaban J connectivity index is -0.0000000128. The third-order valence-corrected chi connectivity index (χ3v) is 0. The van der Waals surface area contributed by atoms with E-state index in [1.165, 1.54) is 0 Å². The zero-order valence-electron chi connectivity index (χ0n) is 9.39. The van der Waals surface area contributed by atoms with E-state index in [0.717, 1.165) is 0 Å². The minimum atomic E-state index is -4.64. The summed E-state index contributed by atoms with van der Waals surface area (Å²) in [5, 5.41) is 0. The van der Waals surface area contributed by atoms with E-state index in [4.69, 9.17) is 38.5 Å². The van der Waals surface area contributed by atoms with Gasteiger partial charge in [-0.3, -0.25) is 0 Å². The van der Waals surface area contributed by atoms with Crippen molar-refractivity contribution in [1.29, 1.82) is 0 Å². The van der Waals surface area contributed by atoms with E-state index in [2.05, 4.69) is 0 Å². The van der Waals surface area contributed by atoms with Crippen LogP contribution < -0.4 is 59.1 Å². The van der Waals surface area contributed by atoms with Crippen LogP contribution in [0.2, 0.25) is 0 Å². The van der Waals surface area contributed by atoms with Gasteiger partial charge < -0.3 is 32.2 Å². The van der Waals surface area contributed by atoms with Crippen LogP contribution in [-0.2, 0) is 9.13 Å². The van der Waals surface area contributed by atoms with Crippen molar-refractivity contribution < 1.29 is 102 Å². The molecule has 0 amide bonds. The molecule has 0 rings (SSSR count). The summed E-state index contributed by atoms with van der Waals surface area (Å²) < 4.78 is 17.8. The van der Waals surface area contributed by atoms with Gasteiger partial charge in [-0.2, -0.15) is 0 Å². The summed E-state index contributed by atoms with van der Waals surface area (Å²) in [6, 6.07) is 0. The van der Waals surface area contributed by atoms with E-state index >= 15 is 0 Å². The maximum absolute atomic E-state index is 8.88. The van der Waals surface area contributed by atoms with Gasteiger partial charge in [-0.1, -0.05) is 0 Å². The van der Waals surface area contributed by atoms with E-state index in [1.807, 2.05) is 0 Å². The average molecular weight is 245 g/mol. The van der Waals surface area contributed by atoms with Crippen LogP contribution in [0.3, 0.4) is 0 Å². The Morgan fingerprint density at radius 2 is 0.750 bits per heavy atom. The molecule has 0 aliphatic carbocycles. The standard InChI is InChI=1S/2Na.2H3O4P.2H/c;;2*1-5(2,3)4;;/h;;2*(H3,1,2,3,4);;/q2*+1;;;2*-1/p+1. The Bertz CT molecular complexity index is 138. The summed E-state index contributed by atoms with van der Waals surface area (Å²) in [6.07, 6.45) is 0. The molecular formula is H9Na2O8P2+. The Kier molecular flexibility index (Phi) is 19.4. The van der Waals surface area contributed by atoms with E-state index < -0.39 is 15.6 Å². The van der Waals surface area contributed by atoms with Gasteiger partial charge >= 0.3 is 76.2 Å². The molecule has 12 heavy (non-hydrogen) atoms. The third-order valence-electron chi connectivity index (χ3n) is 0. The molecule has 6 N–H and O–H groups in total. The summed E-state index contributed by atoms with van der Waals surface area (Å²) in [5.41, 5.74) is 0. The quantitative estimate of drug-likeness (QED) is 0.181. The summed E-state index contributed by atoms with van der Waals surface area (Å²) in [4.78, 5) is 43.1. The van der Waals surface area contributed by atoms with Crippen LogP contribution in [-0.4, -0.2) is 29.4 Å². The zero-order chi connectivity index (χ0) is 9.00. The van der Waals surface area contributed by atoms with Crippen molar-refractivity contribution in [3.05, 3.63) is 0 Å². The van der Waals surface area contributed by atoms with Gasteiger partial charge in [0, 0.05) is 0 Å². The third kappa shape index (κ3) is 312. The fraction of sp³-hybridized carbons (Fsp3) is 0. The van der Waals surface area contributed by atoms with Crippen LogP contribution in [0.4, 0.5) is 0 Å². The molecule has 0 radical (unpaired) electrons. The summed E-state index contributed by atoms with van der Waals surface area (Å²) in [6.45, 7) is 0. The number of phosphoric acid groups is 2. The monoisotopic (exact) mass is 245 g/mol. The van der Waals surface area contributed by atoms with Crippen molar-refractivity contribution in [1.82, 2.24) is 0 Å². The molecule has 0 aliphatic rings. The zero-order valence-corrected chi connectivity index (χ0v) is 12.2. The summed E-state index contributed by atoms with van der Waals surface area (Å²) >= 11 is 0. The topological polar surface area (TPSA) is 156 Å². The molecule has 0 bridgehead atoms. The van der Waals surface area contributed by atoms with Crippen LogP contribution in [0.25, 0.3) is 0 Å². The molecule has 0 atom stereocenters. The van der Waals surface area contributed by atoms with Crippen LogP contribution in [0.5, 0.6) is 0 Å². The van der Waals surface area contributed by atoms with Crippen molar-refractivity contribution in [2.24, 2.45) is 0 Å². The molecular weight excluding hydrogens is 236 g/mol.